The van der Waals surface area contributed by atoms with Crippen molar-refractivity contribution in [1.29, 1.82) is 0 Å². The molecule has 2 aromatic rings. The number of carbonyl (C=O) groups excluding carboxylic acids is 1. The average Bonchev–Trinajstić information content (AvgIpc) is 2.94. The number of nitrogens with zero attached hydrogens (tertiary/aromatic N) is 4. The van der Waals surface area contributed by atoms with E-state index in [1.807, 2.05) is 31.2 Å². The molecule has 3 heterocycles. The van der Waals surface area contributed by atoms with Gasteiger partial charge in [0.05, 0.1) is 18.5 Å². The Balaban J connectivity index is 1.46. The molecule has 7 heteroatoms. The van der Waals surface area contributed by atoms with Crippen molar-refractivity contribution in [1.82, 2.24) is 19.6 Å². The Morgan fingerprint density at radius 1 is 1.21 bits per heavy atom. The zero-order valence-electron chi connectivity index (χ0n) is 17.3. The van der Waals surface area contributed by atoms with Crippen LogP contribution in [-0.4, -0.2) is 62.9 Å². The van der Waals surface area contributed by atoms with Crippen LogP contribution >= 0.6 is 0 Å². The minimum atomic E-state index is -1.33. The van der Waals surface area contributed by atoms with Crippen molar-refractivity contribution in [3.8, 4) is 5.75 Å². The van der Waals surface area contributed by atoms with Gasteiger partial charge >= 0.3 is 0 Å². The lowest BCUT2D eigenvalue weighted by Crippen LogP contribution is -2.58. The minimum Gasteiger partial charge on any atom is -0.497 e. The van der Waals surface area contributed by atoms with Crippen LogP contribution in [0.25, 0.3) is 0 Å². The average molecular weight is 399 g/mol. The third-order valence-corrected chi connectivity index (χ3v) is 5.91. The lowest BCUT2D eigenvalue weighted by atomic mass is 9.90. The summed E-state index contributed by atoms with van der Waals surface area (Å²) in [5.41, 5.74) is 1.84. The van der Waals surface area contributed by atoms with Gasteiger partial charge in [-0.15, -0.1) is 0 Å². The predicted molar refractivity (Wildman–Crippen MR) is 109 cm³/mol. The number of likely N-dealkylation sites (tertiary alicyclic amines) is 1. The summed E-state index contributed by atoms with van der Waals surface area (Å²) < 4.78 is 7.34. The molecule has 156 valence electrons. The molecule has 0 bridgehead atoms. The van der Waals surface area contributed by atoms with E-state index in [1.165, 1.54) is 0 Å². The molecule has 0 spiro atoms. The molecule has 0 radical (unpaired) electrons. The maximum atomic E-state index is 13.2. The Morgan fingerprint density at radius 2 is 2.07 bits per heavy atom. The summed E-state index contributed by atoms with van der Waals surface area (Å²) >= 11 is 0. The molecule has 1 saturated heterocycles. The highest BCUT2D eigenvalue weighted by molar-refractivity contribution is 5.86. The predicted octanol–water partition coefficient (Wildman–Crippen LogP) is 1.96. The molecular weight excluding hydrogens is 368 g/mol. The van der Waals surface area contributed by atoms with E-state index >= 15 is 0 Å². The number of ether oxygens (including phenoxy) is 1. The zero-order chi connectivity index (χ0) is 20.4. The standard InChI is InChI=1S/C22H30N4O3/c1-17-12-19-15-24(9-5-11-26(19)23-17)16-22(28)8-4-10-25(21(22)27)14-18-6-3-7-20(13-18)29-2/h3,6-7,12-13,28H,4-5,8-11,14-16H2,1-2H3. The molecule has 1 N–H and O–H groups in total. The first-order valence-electron chi connectivity index (χ1n) is 10.4. The number of hydrogen-bond donors (Lipinski definition) is 1. The summed E-state index contributed by atoms with van der Waals surface area (Å²) in [5, 5.41) is 15.8. The Hall–Kier alpha value is -2.38. The summed E-state index contributed by atoms with van der Waals surface area (Å²) in [6.07, 6.45) is 2.28. The van der Waals surface area contributed by atoms with Crippen molar-refractivity contribution in [2.24, 2.45) is 0 Å². The number of aromatic nitrogens is 2. The molecule has 1 aromatic carbocycles. The molecule has 29 heavy (non-hydrogen) atoms. The smallest absolute Gasteiger partial charge is 0.256 e. The number of carbonyl (C=O) groups is 1. The summed E-state index contributed by atoms with van der Waals surface area (Å²) in [5.74, 6) is 0.610. The third-order valence-electron chi connectivity index (χ3n) is 5.91. The summed E-state index contributed by atoms with van der Waals surface area (Å²) in [4.78, 5) is 17.2. The first-order chi connectivity index (χ1) is 14.0. The number of rotatable bonds is 5. The monoisotopic (exact) mass is 398 g/mol. The molecule has 1 unspecified atom stereocenters. The number of aryl methyl sites for hydroxylation is 2. The van der Waals surface area contributed by atoms with Gasteiger partial charge in [0.2, 0.25) is 0 Å². The van der Waals surface area contributed by atoms with Gasteiger partial charge in [-0.05, 0) is 49.9 Å². The van der Waals surface area contributed by atoms with E-state index in [0.29, 0.717) is 32.6 Å². The summed E-state index contributed by atoms with van der Waals surface area (Å²) in [6.45, 7) is 5.98. The number of methoxy groups -OCH3 is 1. The van der Waals surface area contributed by atoms with Gasteiger partial charge in [-0.2, -0.15) is 5.10 Å². The lowest BCUT2D eigenvalue weighted by Gasteiger charge is -2.40. The molecule has 0 saturated carbocycles. The van der Waals surface area contributed by atoms with E-state index in [9.17, 15) is 9.90 Å². The molecule has 2 aliphatic rings. The second-order valence-corrected chi connectivity index (χ2v) is 8.28. The first-order valence-corrected chi connectivity index (χ1v) is 10.4. The van der Waals surface area contributed by atoms with Crippen LogP contribution in [0.2, 0.25) is 0 Å². The molecule has 2 aliphatic heterocycles. The quantitative estimate of drug-likeness (QED) is 0.834. The summed E-state index contributed by atoms with van der Waals surface area (Å²) in [7, 11) is 1.64. The zero-order valence-corrected chi connectivity index (χ0v) is 17.3. The van der Waals surface area contributed by atoms with E-state index in [2.05, 4.69) is 20.7 Å². The van der Waals surface area contributed by atoms with Crippen LogP contribution in [0, 0.1) is 6.92 Å². The second kappa shape index (κ2) is 8.16. The largest absolute Gasteiger partial charge is 0.497 e. The Labute approximate surface area is 171 Å². The van der Waals surface area contributed by atoms with Crippen LogP contribution in [0.4, 0.5) is 0 Å². The van der Waals surface area contributed by atoms with E-state index in [1.54, 1.807) is 12.0 Å². The van der Waals surface area contributed by atoms with Gasteiger partial charge in [-0.1, -0.05) is 12.1 Å². The number of aliphatic hydroxyl groups is 1. The number of hydrogen-bond acceptors (Lipinski definition) is 5. The lowest BCUT2D eigenvalue weighted by molar-refractivity contribution is -0.160. The number of benzene rings is 1. The maximum Gasteiger partial charge on any atom is 0.256 e. The fourth-order valence-electron chi connectivity index (χ4n) is 4.53. The van der Waals surface area contributed by atoms with Crippen LogP contribution in [-0.2, 0) is 24.4 Å². The Kier molecular flexibility index (Phi) is 5.61. The van der Waals surface area contributed by atoms with E-state index < -0.39 is 5.60 Å². The fourth-order valence-corrected chi connectivity index (χ4v) is 4.53. The molecule has 1 atom stereocenters. The van der Waals surface area contributed by atoms with E-state index in [0.717, 1.165) is 48.6 Å². The number of piperidine rings is 1. The van der Waals surface area contributed by atoms with Crippen molar-refractivity contribution in [3.05, 3.63) is 47.3 Å². The van der Waals surface area contributed by atoms with Gasteiger partial charge in [0, 0.05) is 39.3 Å². The second-order valence-electron chi connectivity index (χ2n) is 8.28. The van der Waals surface area contributed by atoms with E-state index in [-0.39, 0.29) is 5.91 Å². The number of amides is 1. The molecule has 0 aliphatic carbocycles. The van der Waals surface area contributed by atoms with Crippen molar-refractivity contribution < 1.29 is 14.6 Å². The van der Waals surface area contributed by atoms with Crippen LogP contribution in [0.5, 0.6) is 5.75 Å². The van der Waals surface area contributed by atoms with Gasteiger partial charge in [-0.3, -0.25) is 14.4 Å². The third kappa shape index (κ3) is 4.31. The van der Waals surface area contributed by atoms with Crippen molar-refractivity contribution in [3.63, 3.8) is 0 Å². The van der Waals surface area contributed by atoms with Gasteiger partial charge in [-0.25, -0.2) is 0 Å². The van der Waals surface area contributed by atoms with Crippen LogP contribution in [0.3, 0.4) is 0 Å². The van der Waals surface area contributed by atoms with Gasteiger partial charge < -0.3 is 14.7 Å². The highest BCUT2D eigenvalue weighted by Crippen LogP contribution is 2.27. The molecular formula is C22H30N4O3. The summed E-state index contributed by atoms with van der Waals surface area (Å²) in [6, 6.07) is 9.85. The van der Waals surface area contributed by atoms with Crippen LogP contribution < -0.4 is 4.74 Å². The van der Waals surface area contributed by atoms with Crippen molar-refractivity contribution in [2.75, 3.05) is 26.7 Å². The van der Waals surface area contributed by atoms with E-state index in [4.69, 9.17) is 4.74 Å². The topological polar surface area (TPSA) is 70.8 Å². The minimum absolute atomic E-state index is 0.166. The molecule has 1 amide bonds. The van der Waals surface area contributed by atoms with Gasteiger partial charge in [0.15, 0.2) is 5.60 Å². The van der Waals surface area contributed by atoms with Crippen LogP contribution in [0.15, 0.2) is 30.3 Å². The molecule has 1 fully saturated rings. The Morgan fingerprint density at radius 3 is 2.90 bits per heavy atom. The van der Waals surface area contributed by atoms with Crippen molar-refractivity contribution in [2.45, 2.75) is 51.4 Å². The Bertz CT molecular complexity index is 881. The first kappa shape index (κ1) is 19.9. The number of β-amino-alcohol motifs (C(OH)–C–C–N with tert-alkyl or cyclic N) is 1. The molecule has 4 rings (SSSR count). The SMILES string of the molecule is COc1cccc(CN2CCCC(O)(CN3CCCn4nc(C)cc4C3)C2=O)c1. The fraction of sp³-hybridized carbons (Fsp3) is 0.545. The van der Waals surface area contributed by atoms with Gasteiger partial charge in [0.1, 0.15) is 5.75 Å². The molecule has 1 aromatic heterocycles. The van der Waals surface area contributed by atoms with Crippen LogP contribution in [0.1, 0.15) is 36.2 Å². The highest BCUT2D eigenvalue weighted by Gasteiger charge is 2.43. The van der Waals surface area contributed by atoms with Crippen molar-refractivity contribution >= 4 is 5.91 Å². The number of fused-ring (bicyclic) bond motifs is 1. The molecule has 7 nitrogen and oxygen atoms in total. The normalized spacial score (nSPS) is 23.0. The maximum absolute atomic E-state index is 13.2. The highest BCUT2D eigenvalue weighted by atomic mass is 16.5. The van der Waals surface area contributed by atoms with Gasteiger partial charge in [0.25, 0.3) is 5.91 Å².